The number of piperazine rings is 1. The van der Waals surface area contributed by atoms with Gasteiger partial charge < -0.3 is 20.0 Å². The molecule has 3 aromatic heterocycles. The molecule has 2 aliphatic rings. The Balaban J connectivity index is 1.33. The molecule has 2 N–H and O–H groups in total. The number of furan rings is 1. The highest BCUT2D eigenvalue weighted by atomic mass is 19.3. The molecule has 13 heteroatoms. The van der Waals surface area contributed by atoms with Gasteiger partial charge in [-0.3, -0.25) is 9.69 Å². The van der Waals surface area contributed by atoms with Crippen molar-refractivity contribution in [3.05, 3.63) is 18.4 Å². The number of halogens is 2. The van der Waals surface area contributed by atoms with Crippen molar-refractivity contribution in [2.24, 2.45) is 0 Å². The highest BCUT2D eigenvalue weighted by Crippen LogP contribution is 2.26. The van der Waals surface area contributed by atoms with Crippen LogP contribution < -0.4 is 10.6 Å². The van der Waals surface area contributed by atoms with Crippen LogP contribution in [-0.4, -0.2) is 91.5 Å². The second-order valence-electron chi connectivity index (χ2n) is 8.53. The van der Waals surface area contributed by atoms with Crippen molar-refractivity contribution in [1.82, 2.24) is 34.4 Å². The fourth-order valence-electron chi connectivity index (χ4n) is 4.43. The second kappa shape index (κ2) is 8.21. The van der Waals surface area contributed by atoms with E-state index < -0.39 is 12.0 Å². The Hall–Kier alpha value is -3.35. The van der Waals surface area contributed by atoms with Crippen molar-refractivity contribution in [2.75, 3.05) is 49.9 Å². The summed E-state index contributed by atoms with van der Waals surface area (Å²) in [6, 6.07) is 3.03. The molecule has 33 heavy (non-hydrogen) atoms. The second-order valence-corrected chi connectivity index (χ2v) is 8.53. The maximum Gasteiger partial charge on any atom is 0.259 e. The number of hydrogen-bond acceptors (Lipinski definition) is 9. The van der Waals surface area contributed by atoms with E-state index >= 15 is 0 Å². The van der Waals surface area contributed by atoms with Gasteiger partial charge in [-0.2, -0.15) is 19.5 Å². The number of rotatable bonds is 5. The predicted octanol–water partition coefficient (Wildman–Crippen LogP) is 1.13. The summed E-state index contributed by atoms with van der Waals surface area (Å²) in [6.07, 6.45) is 2.98. The van der Waals surface area contributed by atoms with E-state index in [0.717, 1.165) is 13.3 Å². The van der Waals surface area contributed by atoms with Crippen molar-refractivity contribution in [3.8, 4) is 11.6 Å². The molecule has 176 valence electrons. The summed E-state index contributed by atoms with van der Waals surface area (Å²) in [6.45, 7) is 2.90. The Morgan fingerprint density at radius 1 is 1.21 bits per heavy atom. The average molecular weight is 461 g/mol. The summed E-state index contributed by atoms with van der Waals surface area (Å²) in [7, 11) is 0. The van der Waals surface area contributed by atoms with E-state index in [0.29, 0.717) is 56.7 Å². The number of anilines is 2. The topological polar surface area (TPSA) is 122 Å². The molecule has 0 spiro atoms. The first-order chi connectivity index (χ1) is 15.8. The highest BCUT2D eigenvalue weighted by Gasteiger charge is 2.37. The number of amides is 1. The van der Waals surface area contributed by atoms with Gasteiger partial charge in [-0.15, -0.1) is 5.10 Å². The summed E-state index contributed by atoms with van der Waals surface area (Å²) in [5.41, 5.74) is 6.11. The Morgan fingerprint density at radius 3 is 2.70 bits per heavy atom. The van der Waals surface area contributed by atoms with Gasteiger partial charge in [0, 0.05) is 39.6 Å². The van der Waals surface area contributed by atoms with E-state index in [4.69, 9.17) is 10.2 Å². The summed E-state index contributed by atoms with van der Waals surface area (Å²) < 4.78 is 33.3. The van der Waals surface area contributed by atoms with E-state index in [2.05, 4.69) is 20.1 Å². The van der Waals surface area contributed by atoms with Crippen LogP contribution in [0.2, 0.25) is 0 Å². The van der Waals surface area contributed by atoms with E-state index in [1.165, 1.54) is 10.8 Å². The molecule has 0 saturated carbocycles. The molecule has 1 atom stereocenters. The van der Waals surface area contributed by atoms with Crippen LogP contribution in [0.1, 0.15) is 19.8 Å². The van der Waals surface area contributed by atoms with Crippen LogP contribution in [0, 0.1) is 0 Å². The molecule has 2 saturated heterocycles. The standard InChI is InChI=1S/C20H25F2N9O2/c1-20(21,22)12-28-7-9-29(10-8-28)16(32)13-4-2-6-30(13)18-25-17(23)31-19(26-18)24-15(27-31)14-5-3-11-33-14/h3,5,11,13H,2,4,6-10,12H2,1H3,(H2,23,24,25,26,27). The third kappa shape index (κ3) is 4.32. The third-order valence-electron chi connectivity index (χ3n) is 5.94. The maximum atomic E-state index is 13.3. The molecule has 1 amide bonds. The van der Waals surface area contributed by atoms with Gasteiger partial charge in [0.2, 0.25) is 23.6 Å². The van der Waals surface area contributed by atoms with Crippen molar-refractivity contribution in [2.45, 2.75) is 31.7 Å². The van der Waals surface area contributed by atoms with Crippen LogP contribution in [-0.2, 0) is 4.79 Å². The van der Waals surface area contributed by atoms with Gasteiger partial charge in [0.1, 0.15) is 6.04 Å². The Bertz CT molecular complexity index is 1140. The maximum absolute atomic E-state index is 13.3. The van der Waals surface area contributed by atoms with Gasteiger partial charge in [0.15, 0.2) is 5.76 Å². The lowest BCUT2D eigenvalue weighted by Crippen LogP contribution is -2.55. The lowest BCUT2D eigenvalue weighted by atomic mass is 10.1. The molecule has 5 rings (SSSR count). The van der Waals surface area contributed by atoms with E-state index in [1.807, 2.05) is 4.90 Å². The molecule has 0 radical (unpaired) electrons. The summed E-state index contributed by atoms with van der Waals surface area (Å²) >= 11 is 0. The number of nitrogens with two attached hydrogens (primary N) is 1. The quantitative estimate of drug-likeness (QED) is 0.596. The molecular weight excluding hydrogens is 436 g/mol. The van der Waals surface area contributed by atoms with Crippen LogP contribution in [0.15, 0.2) is 22.8 Å². The van der Waals surface area contributed by atoms with Crippen LogP contribution in [0.3, 0.4) is 0 Å². The monoisotopic (exact) mass is 461 g/mol. The first-order valence-electron chi connectivity index (χ1n) is 10.9. The summed E-state index contributed by atoms with van der Waals surface area (Å²) in [4.78, 5) is 31.8. The van der Waals surface area contributed by atoms with E-state index in [1.54, 1.807) is 21.9 Å². The van der Waals surface area contributed by atoms with Crippen molar-refractivity contribution >= 4 is 23.6 Å². The number of hydrogen-bond donors (Lipinski definition) is 1. The number of nitrogens with zero attached hydrogens (tertiary/aromatic N) is 8. The number of fused-ring (bicyclic) bond motifs is 1. The smallest absolute Gasteiger partial charge is 0.259 e. The molecule has 0 aliphatic carbocycles. The first-order valence-corrected chi connectivity index (χ1v) is 10.9. The molecule has 3 aromatic rings. The zero-order chi connectivity index (χ0) is 23.2. The molecule has 0 aromatic carbocycles. The number of carbonyl (C=O) groups is 1. The lowest BCUT2D eigenvalue weighted by molar-refractivity contribution is -0.134. The number of nitrogen functional groups attached to an aromatic ring is 1. The average Bonchev–Trinajstić information content (AvgIpc) is 3.52. The van der Waals surface area contributed by atoms with Gasteiger partial charge >= 0.3 is 0 Å². The third-order valence-corrected chi connectivity index (χ3v) is 5.94. The van der Waals surface area contributed by atoms with Crippen LogP contribution in [0.25, 0.3) is 17.4 Å². The Morgan fingerprint density at radius 2 is 2.00 bits per heavy atom. The van der Waals surface area contributed by atoms with Crippen molar-refractivity contribution in [3.63, 3.8) is 0 Å². The molecule has 2 aliphatic heterocycles. The van der Waals surface area contributed by atoms with Gasteiger partial charge in [-0.05, 0) is 25.0 Å². The molecular formula is C20H25F2N9O2. The number of carbonyl (C=O) groups excluding carboxylic acids is 1. The van der Waals surface area contributed by atoms with E-state index in [9.17, 15) is 13.6 Å². The minimum atomic E-state index is -2.75. The van der Waals surface area contributed by atoms with E-state index in [-0.39, 0.29) is 24.2 Å². The zero-order valence-corrected chi connectivity index (χ0v) is 18.2. The molecule has 5 heterocycles. The van der Waals surface area contributed by atoms with Crippen LogP contribution in [0.5, 0.6) is 0 Å². The Labute approximate surface area is 188 Å². The Kier molecular flexibility index (Phi) is 5.35. The van der Waals surface area contributed by atoms with Crippen molar-refractivity contribution < 1.29 is 18.0 Å². The molecule has 1 unspecified atom stereocenters. The van der Waals surface area contributed by atoms with Gasteiger partial charge in [-0.1, -0.05) is 0 Å². The summed E-state index contributed by atoms with van der Waals surface area (Å²) in [5, 5.41) is 4.29. The normalized spacial score (nSPS) is 20.2. The predicted molar refractivity (Wildman–Crippen MR) is 115 cm³/mol. The van der Waals surface area contributed by atoms with Gasteiger partial charge in [-0.25, -0.2) is 8.78 Å². The fraction of sp³-hybridized carbons (Fsp3) is 0.550. The molecule has 0 bridgehead atoms. The summed E-state index contributed by atoms with van der Waals surface area (Å²) in [5.74, 6) is -1.29. The number of alkyl halides is 2. The van der Waals surface area contributed by atoms with Crippen LogP contribution >= 0.6 is 0 Å². The first kappa shape index (κ1) is 21.5. The minimum Gasteiger partial charge on any atom is -0.461 e. The molecule has 11 nitrogen and oxygen atoms in total. The van der Waals surface area contributed by atoms with Crippen molar-refractivity contribution in [1.29, 1.82) is 0 Å². The minimum absolute atomic E-state index is 0.0461. The number of aromatic nitrogens is 5. The largest absolute Gasteiger partial charge is 0.461 e. The lowest BCUT2D eigenvalue weighted by Gasteiger charge is -2.38. The zero-order valence-electron chi connectivity index (χ0n) is 18.2. The highest BCUT2D eigenvalue weighted by molar-refractivity contribution is 5.85. The SMILES string of the molecule is CC(F)(F)CN1CCN(C(=O)C2CCCN2c2nc(N)n3nc(-c4ccco4)nc3n2)CC1. The van der Waals surface area contributed by atoms with Gasteiger partial charge in [0.05, 0.1) is 12.8 Å². The van der Waals surface area contributed by atoms with Gasteiger partial charge in [0.25, 0.3) is 11.7 Å². The molecule has 2 fully saturated rings. The fourth-order valence-corrected chi connectivity index (χ4v) is 4.43. The van der Waals surface area contributed by atoms with Crippen LogP contribution in [0.4, 0.5) is 20.7 Å².